The van der Waals surface area contributed by atoms with E-state index in [1.165, 1.54) is 0 Å². The first-order valence-electron chi connectivity index (χ1n) is 6.49. The summed E-state index contributed by atoms with van der Waals surface area (Å²) in [6.07, 6.45) is -0.820. The smallest absolute Gasteiger partial charge is 0.408 e. The van der Waals surface area contributed by atoms with Crippen LogP contribution in [-0.2, 0) is 9.53 Å². The van der Waals surface area contributed by atoms with Gasteiger partial charge >= 0.3 is 12.1 Å². The quantitative estimate of drug-likeness (QED) is 0.496. The zero-order valence-electron chi connectivity index (χ0n) is 12.6. The highest BCUT2D eigenvalue weighted by Gasteiger charge is 2.24. The van der Waals surface area contributed by atoms with E-state index in [-0.39, 0.29) is 6.61 Å². The lowest BCUT2D eigenvalue weighted by molar-refractivity contribution is -0.140. The second kappa shape index (κ2) is 7.52. The summed E-state index contributed by atoms with van der Waals surface area (Å²) in [5.74, 6) is -0.862. The topological polar surface area (TPSA) is 111 Å². The molecule has 1 atom stereocenters. The van der Waals surface area contributed by atoms with Crippen LogP contribution in [0, 0.1) is 3.57 Å². The van der Waals surface area contributed by atoms with Crippen molar-refractivity contribution in [2.45, 2.75) is 32.4 Å². The number of hydrogen-bond acceptors (Lipinski definition) is 5. The van der Waals surface area contributed by atoms with Crippen molar-refractivity contribution in [1.29, 1.82) is 0 Å². The second-order valence-corrected chi connectivity index (χ2v) is 6.66. The van der Waals surface area contributed by atoms with Crippen LogP contribution in [0.1, 0.15) is 20.8 Å². The Bertz CT molecular complexity index is 557. The maximum atomic E-state index is 11.6. The highest BCUT2D eigenvalue weighted by atomic mass is 127. The summed E-state index contributed by atoms with van der Waals surface area (Å²) in [4.78, 5) is 22.8. The number of halogens is 1. The molecule has 1 aromatic carbocycles. The number of alkyl carbamates (subject to hydrolysis) is 1. The average molecular weight is 422 g/mol. The molecule has 1 rings (SSSR count). The van der Waals surface area contributed by atoms with Crippen molar-refractivity contribution >= 4 is 40.3 Å². The normalized spacial score (nSPS) is 12.4. The second-order valence-electron chi connectivity index (χ2n) is 5.50. The van der Waals surface area contributed by atoms with Crippen LogP contribution in [-0.4, -0.2) is 35.4 Å². The summed E-state index contributed by atoms with van der Waals surface area (Å²) in [5.41, 5.74) is 5.54. The number of nitrogens with two attached hydrogens (primary N) is 1. The summed E-state index contributed by atoms with van der Waals surface area (Å²) in [6.45, 7) is 4.79. The molecule has 22 heavy (non-hydrogen) atoms. The van der Waals surface area contributed by atoms with E-state index >= 15 is 0 Å². The Kier molecular flexibility index (Phi) is 6.27. The lowest BCUT2D eigenvalue weighted by Gasteiger charge is -2.22. The number of ether oxygens (including phenoxy) is 2. The monoisotopic (exact) mass is 422 g/mol. The Morgan fingerprint density at radius 3 is 2.59 bits per heavy atom. The third-order valence-electron chi connectivity index (χ3n) is 2.41. The van der Waals surface area contributed by atoms with Gasteiger partial charge in [0, 0.05) is 3.57 Å². The predicted octanol–water partition coefficient (Wildman–Crippen LogP) is 2.23. The minimum Gasteiger partial charge on any atom is -0.489 e. The van der Waals surface area contributed by atoms with E-state index in [1.807, 2.05) is 22.6 Å². The molecule has 8 heteroatoms. The van der Waals surface area contributed by atoms with Crippen LogP contribution in [0.25, 0.3) is 0 Å². The van der Waals surface area contributed by atoms with Crippen molar-refractivity contribution in [1.82, 2.24) is 5.32 Å². The molecule has 122 valence electrons. The predicted molar refractivity (Wildman–Crippen MR) is 89.9 cm³/mol. The minimum atomic E-state index is -1.24. The van der Waals surface area contributed by atoms with Crippen LogP contribution >= 0.6 is 22.6 Å². The van der Waals surface area contributed by atoms with E-state index in [2.05, 4.69) is 5.32 Å². The van der Waals surface area contributed by atoms with Crippen LogP contribution in [0.3, 0.4) is 0 Å². The van der Waals surface area contributed by atoms with Crippen LogP contribution in [0.2, 0.25) is 0 Å². The van der Waals surface area contributed by atoms with Gasteiger partial charge in [-0.2, -0.15) is 0 Å². The number of para-hydroxylation sites is 1. The number of nitrogens with one attached hydrogen (secondary N) is 1. The summed E-state index contributed by atoms with van der Waals surface area (Å²) < 4.78 is 11.2. The number of aliphatic carboxylic acids is 1. The Morgan fingerprint density at radius 1 is 1.41 bits per heavy atom. The maximum Gasteiger partial charge on any atom is 0.408 e. The fourth-order valence-electron chi connectivity index (χ4n) is 1.44. The Hall–Kier alpha value is -1.71. The molecule has 0 aliphatic heterocycles. The lowest BCUT2D eigenvalue weighted by atomic mass is 10.2. The van der Waals surface area contributed by atoms with Gasteiger partial charge in [-0.25, -0.2) is 9.59 Å². The summed E-state index contributed by atoms with van der Waals surface area (Å²) in [6, 6.07) is 3.93. The number of amides is 1. The molecule has 7 nitrogen and oxygen atoms in total. The van der Waals surface area contributed by atoms with E-state index < -0.39 is 23.7 Å². The van der Waals surface area contributed by atoms with Crippen LogP contribution in [0.5, 0.6) is 5.75 Å². The molecule has 0 saturated carbocycles. The van der Waals surface area contributed by atoms with Gasteiger partial charge in [-0.3, -0.25) is 0 Å². The van der Waals surface area contributed by atoms with E-state index in [0.717, 1.165) is 3.57 Å². The third kappa shape index (κ3) is 5.96. The van der Waals surface area contributed by atoms with Gasteiger partial charge in [0.2, 0.25) is 0 Å². The first-order valence-corrected chi connectivity index (χ1v) is 7.57. The molecule has 0 heterocycles. The highest BCUT2D eigenvalue weighted by molar-refractivity contribution is 14.1. The summed E-state index contributed by atoms with van der Waals surface area (Å²) in [7, 11) is 0. The molecule has 0 fully saturated rings. The van der Waals surface area contributed by atoms with Crippen LogP contribution < -0.4 is 15.8 Å². The van der Waals surface area contributed by atoms with E-state index in [0.29, 0.717) is 11.4 Å². The number of rotatable bonds is 5. The van der Waals surface area contributed by atoms with E-state index in [4.69, 9.17) is 20.3 Å². The largest absolute Gasteiger partial charge is 0.489 e. The molecule has 0 aliphatic carbocycles. The van der Waals surface area contributed by atoms with E-state index in [9.17, 15) is 9.59 Å². The maximum absolute atomic E-state index is 11.6. The number of anilines is 1. The summed E-state index contributed by atoms with van der Waals surface area (Å²) >= 11 is 2.04. The van der Waals surface area contributed by atoms with Crippen molar-refractivity contribution in [2.24, 2.45) is 0 Å². The van der Waals surface area contributed by atoms with Gasteiger partial charge in [-0.15, -0.1) is 0 Å². The van der Waals surface area contributed by atoms with Crippen LogP contribution in [0.4, 0.5) is 10.5 Å². The van der Waals surface area contributed by atoms with Crippen molar-refractivity contribution in [3.63, 3.8) is 0 Å². The number of carboxylic acid groups (broad SMARTS) is 1. The van der Waals surface area contributed by atoms with E-state index in [1.54, 1.807) is 39.0 Å². The van der Waals surface area contributed by atoms with Gasteiger partial charge in [-0.05, 0) is 55.5 Å². The zero-order valence-corrected chi connectivity index (χ0v) is 14.7. The van der Waals surface area contributed by atoms with Crippen molar-refractivity contribution in [3.8, 4) is 5.75 Å². The van der Waals surface area contributed by atoms with Gasteiger partial charge in [0.25, 0.3) is 0 Å². The van der Waals surface area contributed by atoms with Crippen molar-refractivity contribution in [2.75, 3.05) is 12.3 Å². The number of nitrogen functional groups attached to an aromatic ring is 1. The molecular weight excluding hydrogens is 403 g/mol. The first kappa shape index (κ1) is 18.3. The van der Waals surface area contributed by atoms with Gasteiger partial charge in [0.05, 0.1) is 5.69 Å². The fraction of sp³-hybridized carbons (Fsp3) is 0.429. The molecule has 0 spiro atoms. The third-order valence-corrected chi connectivity index (χ3v) is 3.35. The number of benzene rings is 1. The van der Waals surface area contributed by atoms with Gasteiger partial charge in [0.1, 0.15) is 18.0 Å². The molecule has 0 aliphatic rings. The lowest BCUT2D eigenvalue weighted by Crippen LogP contribution is -2.46. The van der Waals surface area contributed by atoms with Crippen molar-refractivity contribution < 1.29 is 24.2 Å². The fourth-order valence-corrected chi connectivity index (χ4v) is 1.91. The first-order chi connectivity index (χ1) is 10.1. The molecule has 0 saturated heterocycles. The standard InChI is InChI=1S/C14H19IN2O5/c1-14(2,3)22-13(20)17-9(12(18)19)7-21-10-6-4-5-8(15)11(10)16/h4-6,9H,7,16H2,1-3H3,(H,17,20)(H,18,19)/t9-/m0/s1. The molecule has 1 aromatic rings. The molecular formula is C14H19IN2O5. The minimum absolute atomic E-state index is 0.265. The molecule has 1 amide bonds. The Morgan fingerprint density at radius 2 is 2.05 bits per heavy atom. The molecule has 0 unspecified atom stereocenters. The average Bonchev–Trinajstić information content (AvgIpc) is 2.36. The van der Waals surface area contributed by atoms with Gasteiger partial charge in [-0.1, -0.05) is 6.07 Å². The van der Waals surface area contributed by atoms with Gasteiger partial charge in [0.15, 0.2) is 6.04 Å². The molecule has 0 radical (unpaired) electrons. The number of carbonyl (C=O) groups is 2. The van der Waals surface area contributed by atoms with Gasteiger partial charge < -0.3 is 25.6 Å². The van der Waals surface area contributed by atoms with Crippen molar-refractivity contribution in [3.05, 3.63) is 21.8 Å². The Balaban J connectivity index is 2.67. The number of carboxylic acids is 1. The Labute approximate surface area is 142 Å². The SMILES string of the molecule is CC(C)(C)OC(=O)N[C@@H](COc1cccc(I)c1N)C(=O)O. The number of hydrogen-bond donors (Lipinski definition) is 3. The number of carbonyl (C=O) groups excluding carboxylic acids is 1. The highest BCUT2D eigenvalue weighted by Crippen LogP contribution is 2.26. The van der Waals surface area contributed by atoms with Crippen LogP contribution in [0.15, 0.2) is 18.2 Å². The zero-order chi connectivity index (χ0) is 16.9. The molecule has 0 aromatic heterocycles. The molecule has 4 N–H and O–H groups in total. The summed E-state index contributed by atoms with van der Waals surface area (Å²) in [5, 5.41) is 11.4. The molecule has 0 bridgehead atoms.